The summed E-state index contributed by atoms with van der Waals surface area (Å²) in [5, 5.41) is 9.45. The van der Waals surface area contributed by atoms with Gasteiger partial charge in [-0.25, -0.2) is 4.79 Å². The summed E-state index contributed by atoms with van der Waals surface area (Å²) in [5.41, 5.74) is 5.54. The average Bonchev–Trinajstić information content (AvgIpc) is 2.70. The fourth-order valence-electron chi connectivity index (χ4n) is 4.14. The van der Waals surface area contributed by atoms with Crippen LogP contribution in [0.25, 0.3) is 0 Å². The van der Waals surface area contributed by atoms with Crippen LogP contribution in [0.1, 0.15) is 46.5 Å². The summed E-state index contributed by atoms with van der Waals surface area (Å²) in [4.78, 5) is 16.9. The van der Waals surface area contributed by atoms with Crippen LogP contribution in [-0.2, 0) is 11.3 Å². The molecule has 152 valence electrons. The van der Waals surface area contributed by atoms with E-state index in [1.165, 1.54) is 12.7 Å². The normalized spacial score (nSPS) is 16.3. The van der Waals surface area contributed by atoms with Gasteiger partial charge in [0.2, 0.25) is 0 Å². The number of carbonyl (C=O) groups is 1. The number of ether oxygens (including phenoxy) is 1. The molecule has 1 heterocycles. The molecular weight excluding hydrogens is 362 g/mol. The quantitative estimate of drug-likeness (QED) is 0.736. The van der Waals surface area contributed by atoms with E-state index in [4.69, 9.17) is 4.74 Å². The van der Waals surface area contributed by atoms with Crippen molar-refractivity contribution >= 4 is 11.7 Å². The minimum Gasteiger partial charge on any atom is -0.465 e. The minimum atomic E-state index is -0.291. The second-order valence-electron chi connectivity index (χ2n) is 8.37. The average molecular weight is 392 g/mol. The highest BCUT2D eigenvalue weighted by Gasteiger charge is 2.34. The van der Waals surface area contributed by atoms with E-state index < -0.39 is 0 Å². The van der Waals surface area contributed by atoms with E-state index in [-0.39, 0.29) is 11.5 Å². The molecule has 0 aromatic heterocycles. The maximum atomic E-state index is 12.1. The molecule has 2 aromatic rings. The fourth-order valence-corrected chi connectivity index (χ4v) is 4.14. The predicted molar refractivity (Wildman–Crippen MR) is 115 cm³/mol. The van der Waals surface area contributed by atoms with Crippen LogP contribution < -0.4 is 4.90 Å². The lowest BCUT2D eigenvalue weighted by Crippen LogP contribution is -2.59. The Hall–Kier alpha value is -2.84. The van der Waals surface area contributed by atoms with Gasteiger partial charge in [0.15, 0.2) is 0 Å². The van der Waals surface area contributed by atoms with E-state index in [0.29, 0.717) is 11.1 Å². The van der Waals surface area contributed by atoms with Crippen LogP contribution in [0, 0.1) is 25.2 Å². The number of carbonyl (C=O) groups excluding carboxylic acids is 1. The molecule has 0 N–H and O–H groups in total. The van der Waals surface area contributed by atoms with Crippen molar-refractivity contribution in [3.63, 3.8) is 0 Å². The van der Waals surface area contributed by atoms with Crippen LogP contribution in [0.4, 0.5) is 5.69 Å². The number of rotatable bonds is 4. The SMILES string of the molecule is COC(=O)c1cc(CN2CCN(c3ccccc3C#N)CC2(C)C)c(C)cc1C. The minimum absolute atomic E-state index is 0.0798. The molecular formula is C24H29N3O2. The first-order valence-corrected chi connectivity index (χ1v) is 9.94. The lowest BCUT2D eigenvalue weighted by Gasteiger charge is -2.48. The molecule has 0 atom stereocenters. The number of benzene rings is 2. The maximum Gasteiger partial charge on any atom is 0.338 e. The fraction of sp³-hybridized carbons (Fsp3) is 0.417. The Morgan fingerprint density at radius 1 is 1.17 bits per heavy atom. The number of esters is 1. The van der Waals surface area contributed by atoms with E-state index in [1.807, 2.05) is 37.3 Å². The van der Waals surface area contributed by atoms with Gasteiger partial charge in [-0.1, -0.05) is 18.2 Å². The molecule has 2 aromatic carbocycles. The van der Waals surface area contributed by atoms with Crippen molar-refractivity contribution in [2.75, 3.05) is 31.6 Å². The van der Waals surface area contributed by atoms with Crippen molar-refractivity contribution in [1.29, 1.82) is 5.26 Å². The monoisotopic (exact) mass is 391 g/mol. The van der Waals surface area contributed by atoms with Crippen molar-refractivity contribution in [1.82, 2.24) is 4.90 Å². The number of aryl methyl sites for hydroxylation is 2. The topological polar surface area (TPSA) is 56.6 Å². The molecule has 1 fully saturated rings. The lowest BCUT2D eigenvalue weighted by atomic mass is 9.94. The molecule has 1 saturated heterocycles. The number of anilines is 1. The van der Waals surface area contributed by atoms with E-state index in [2.05, 4.69) is 42.7 Å². The Balaban J connectivity index is 1.82. The molecule has 0 bridgehead atoms. The third-order valence-corrected chi connectivity index (χ3v) is 5.89. The van der Waals surface area contributed by atoms with Gasteiger partial charge in [-0.05, 0) is 62.6 Å². The Morgan fingerprint density at radius 2 is 1.90 bits per heavy atom. The number of hydrogen-bond donors (Lipinski definition) is 0. The van der Waals surface area contributed by atoms with Gasteiger partial charge >= 0.3 is 5.97 Å². The lowest BCUT2D eigenvalue weighted by molar-refractivity contribution is 0.0599. The van der Waals surface area contributed by atoms with Gasteiger partial charge in [-0.2, -0.15) is 5.26 Å². The Kier molecular flexibility index (Phi) is 5.95. The van der Waals surface area contributed by atoms with Crippen molar-refractivity contribution in [2.24, 2.45) is 0 Å². The van der Waals surface area contributed by atoms with Crippen LogP contribution in [0.15, 0.2) is 36.4 Å². The zero-order valence-electron chi connectivity index (χ0n) is 18.0. The predicted octanol–water partition coefficient (Wildman–Crippen LogP) is 4.06. The summed E-state index contributed by atoms with van der Waals surface area (Å²) < 4.78 is 4.94. The Bertz CT molecular complexity index is 959. The van der Waals surface area contributed by atoms with E-state index in [1.54, 1.807) is 0 Å². The Morgan fingerprint density at radius 3 is 2.55 bits per heavy atom. The van der Waals surface area contributed by atoms with Crippen LogP contribution in [0.5, 0.6) is 0 Å². The molecule has 0 saturated carbocycles. The molecule has 3 rings (SSSR count). The summed E-state index contributed by atoms with van der Waals surface area (Å²) in [5.74, 6) is -0.291. The molecule has 0 amide bonds. The molecule has 0 spiro atoms. The summed E-state index contributed by atoms with van der Waals surface area (Å²) in [6.45, 7) is 11.9. The maximum absolute atomic E-state index is 12.1. The first kappa shape index (κ1) is 20.9. The highest BCUT2D eigenvalue weighted by Crippen LogP contribution is 2.30. The molecule has 5 nitrogen and oxygen atoms in total. The molecule has 1 aliphatic heterocycles. The van der Waals surface area contributed by atoms with Crippen LogP contribution in [-0.4, -0.2) is 43.2 Å². The van der Waals surface area contributed by atoms with E-state index in [0.717, 1.165) is 43.0 Å². The van der Waals surface area contributed by atoms with Gasteiger partial charge in [0.25, 0.3) is 0 Å². The van der Waals surface area contributed by atoms with Gasteiger partial charge in [-0.3, -0.25) is 4.90 Å². The zero-order chi connectivity index (χ0) is 21.2. The van der Waals surface area contributed by atoms with Crippen LogP contribution in [0.2, 0.25) is 0 Å². The van der Waals surface area contributed by atoms with E-state index in [9.17, 15) is 10.1 Å². The first-order valence-electron chi connectivity index (χ1n) is 9.94. The number of piperazine rings is 1. The molecule has 5 heteroatoms. The van der Waals surface area contributed by atoms with Gasteiger partial charge < -0.3 is 9.64 Å². The van der Waals surface area contributed by atoms with Gasteiger partial charge in [0.05, 0.1) is 23.9 Å². The first-order chi connectivity index (χ1) is 13.8. The van der Waals surface area contributed by atoms with Crippen molar-refractivity contribution in [3.8, 4) is 6.07 Å². The summed E-state index contributed by atoms with van der Waals surface area (Å²) in [7, 11) is 1.42. The van der Waals surface area contributed by atoms with Crippen LogP contribution in [0.3, 0.4) is 0 Å². The molecule has 1 aliphatic rings. The standard InChI is InChI=1S/C24H29N3O2/c1-17-12-18(2)21(23(28)29-5)13-20(17)15-27-11-10-26(16-24(27,3)4)22-9-7-6-8-19(22)14-25/h6-9,12-13H,10-11,15-16H2,1-5H3. The smallest absolute Gasteiger partial charge is 0.338 e. The van der Waals surface area contributed by atoms with Gasteiger partial charge in [-0.15, -0.1) is 0 Å². The van der Waals surface area contributed by atoms with Gasteiger partial charge in [0, 0.05) is 31.7 Å². The van der Waals surface area contributed by atoms with Gasteiger partial charge in [0.1, 0.15) is 6.07 Å². The number of hydrogen-bond acceptors (Lipinski definition) is 5. The summed E-state index contributed by atoms with van der Waals surface area (Å²) in [6.07, 6.45) is 0. The number of nitrogens with zero attached hydrogens (tertiary/aromatic N) is 3. The van der Waals surface area contributed by atoms with Crippen molar-refractivity contribution in [2.45, 2.75) is 39.8 Å². The summed E-state index contributed by atoms with van der Waals surface area (Å²) in [6, 6.07) is 14.1. The number of nitriles is 1. The molecule has 0 unspecified atom stereocenters. The zero-order valence-corrected chi connectivity index (χ0v) is 18.0. The Labute approximate surface area is 173 Å². The highest BCUT2D eigenvalue weighted by atomic mass is 16.5. The summed E-state index contributed by atoms with van der Waals surface area (Å²) >= 11 is 0. The van der Waals surface area contributed by atoms with Crippen molar-refractivity contribution in [3.05, 3.63) is 64.2 Å². The third-order valence-electron chi connectivity index (χ3n) is 5.89. The second kappa shape index (κ2) is 8.26. The molecule has 0 aliphatic carbocycles. The van der Waals surface area contributed by atoms with Crippen molar-refractivity contribution < 1.29 is 9.53 Å². The highest BCUT2D eigenvalue weighted by molar-refractivity contribution is 5.91. The number of para-hydroxylation sites is 1. The largest absolute Gasteiger partial charge is 0.465 e. The molecule has 29 heavy (non-hydrogen) atoms. The van der Waals surface area contributed by atoms with Crippen LogP contribution >= 0.6 is 0 Å². The molecule has 0 radical (unpaired) electrons. The van der Waals surface area contributed by atoms with E-state index >= 15 is 0 Å². The third kappa shape index (κ3) is 4.28. The second-order valence-corrected chi connectivity index (χ2v) is 8.37. The number of methoxy groups -OCH3 is 1.